The summed E-state index contributed by atoms with van der Waals surface area (Å²) in [5, 5.41) is 0.468. The smallest absolute Gasteiger partial charge is 0.129 e. The summed E-state index contributed by atoms with van der Waals surface area (Å²) in [7, 11) is 0. The molecular formula is C9H10BrClFN. The summed E-state index contributed by atoms with van der Waals surface area (Å²) in [6.45, 7) is 3.46. The highest BCUT2D eigenvalue weighted by Gasteiger charge is 2.23. The van der Waals surface area contributed by atoms with E-state index in [-0.39, 0.29) is 5.82 Å². The Hall–Kier alpha value is -0.120. The number of rotatable bonds is 1. The second-order valence-corrected chi connectivity index (χ2v) is 4.64. The molecule has 0 spiro atoms. The first-order chi connectivity index (χ1) is 5.84. The molecule has 0 unspecified atom stereocenters. The Labute approximate surface area is 90.2 Å². The van der Waals surface area contributed by atoms with Gasteiger partial charge in [0.2, 0.25) is 0 Å². The van der Waals surface area contributed by atoms with Crippen LogP contribution in [0.5, 0.6) is 0 Å². The quantitative estimate of drug-likeness (QED) is 0.774. The fraction of sp³-hybridized carbons (Fsp3) is 0.333. The Bertz CT molecular complexity index is 333. The molecule has 0 aliphatic rings. The van der Waals surface area contributed by atoms with Crippen molar-refractivity contribution >= 4 is 27.5 Å². The molecule has 0 aliphatic heterocycles. The Balaban J connectivity index is 3.43. The minimum atomic E-state index is -0.742. The molecule has 0 heterocycles. The van der Waals surface area contributed by atoms with Gasteiger partial charge in [-0.3, -0.25) is 0 Å². The number of nitrogens with two attached hydrogens (primary N) is 1. The molecule has 1 aromatic rings. The summed E-state index contributed by atoms with van der Waals surface area (Å²) < 4.78 is 13.9. The molecule has 0 aromatic heterocycles. The number of halogens is 3. The number of benzene rings is 1. The molecule has 1 rings (SSSR count). The average molecular weight is 267 g/mol. The highest BCUT2D eigenvalue weighted by molar-refractivity contribution is 9.10. The number of hydrogen-bond acceptors (Lipinski definition) is 1. The zero-order valence-corrected chi connectivity index (χ0v) is 9.71. The van der Waals surface area contributed by atoms with Gasteiger partial charge in [-0.25, -0.2) is 4.39 Å². The van der Waals surface area contributed by atoms with E-state index in [4.69, 9.17) is 17.3 Å². The lowest BCUT2D eigenvalue weighted by atomic mass is 9.95. The van der Waals surface area contributed by atoms with Crippen LogP contribution < -0.4 is 5.73 Å². The van der Waals surface area contributed by atoms with Crippen LogP contribution in [0.25, 0.3) is 0 Å². The molecule has 0 amide bonds. The van der Waals surface area contributed by atoms with Crippen molar-refractivity contribution in [2.24, 2.45) is 5.73 Å². The van der Waals surface area contributed by atoms with Gasteiger partial charge in [-0.1, -0.05) is 11.6 Å². The van der Waals surface area contributed by atoms with Crippen molar-refractivity contribution in [2.45, 2.75) is 19.4 Å². The minimum Gasteiger partial charge on any atom is -0.322 e. The van der Waals surface area contributed by atoms with E-state index < -0.39 is 5.54 Å². The highest BCUT2D eigenvalue weighted by Crippen LogP contribution is 2.34. The fourth-order valence-corrected chi connectivity index (χ4v) is 2.11. The van der Waals surface area contributed by atoms with Crippen molar-refractivity contribution in [3.63, 3.8) is 0 Å². The van der Waals surface area contributed by atoms with Crippen molar-refractivity contribution in [1.82, 2.24) is 0 Å². The predicted molar refractivity (Wildman–Crippen MR) is 56.3 cm³/mol. The van der Waals surface area contributed by atoms with Crippen molar-refractivity contribution in [3.05, 3.63) is 33.0 Å². The van der Waals surface area contributed by atoms with Crippen LogP contribution in [0, 0.1) is 5.82 Å². The summed E-state index contributed by atoms with van der Waals surface area (Å²) in [6, 6.07) is 2.81. The maximum atomic E-state index is 13.4. The Morgan fingerprint density at radius 2 is 2.00 bits per heavy atom. The highest BCUT2D eigenvalue weighted by atomic mass is 79.9. The maximum absolute atomic E-state index is 13.4. The molecule has 13 heavy (non-hydrogen) atoms. The van der Waals surface area contributed by atoms with E-state index in [1.807, 2.05) is 0 Å². The molecule has 0 fully saturated rings. The van der Waals surface area contributed by atoms with Crippen LogP contribution in [-0.4, -0.2) is 0 Å². The summed E-state index contributed by atoms with van der Waals surface area (Å²) in [5.41, 5.74) is 5.46. The van der Waals surface area contributed by atoms with Crippen LogP contribution in [0.4, 0.5) is 4.39 Å². The van der Waals surface area contributed by atoms with Crippen LogP contribution >= 0.6 is 27.5 Å². The van der Waals surface area contributed by atoms with Crippen molar-refractivity contribution in [3.8, 4) is 0 Å². The molecule has 0 aliphatic carbocycles. The van der Waals surface area contributed by atoms with Gasteiger partial charge in [0.1, 0.15) is 5.82 Å². The van der Waals surface area contributed by atoms with Gasteiger partial charge in [-0.15, -0.1) is 0 Å². The first-order valence-corrected chi connectivity index (χ1v) is 4.94. The van der Waals surface area contributed by atoms with Gasteiger partial charge in [-0.2, -0.15) is 0 Å². The van der Waals surface area contributed by atoms with E-state index in [1.54, 1.807) is 13.8 Å². The van der Waals surface area contributed by atoms with Gasteiger partial charge >= 0.3 is 0 Å². The Kier molecular flexibility index (Phi) is 3.00. The third-order valence-corrected chi connectivity index (χ3v) is 3.06. The topological polar surface area (TPSA) is 26.0 Å². The SMILES string of the molecule is CC(C)(N)c1c(F)ccc(Cl)c1Br. The van der Waals surface area contributed by atoms with Gasteiger partial charge in [0.25, 0.3) is 0 Å². The third-order valence-electron chi connectivity index (χ3n) is 1.69. The van der Waals surface area contributed by atoms with Crippen molar-refractivity contribution in [2.75, 3.05) is 0 Å². The van der Waals surface area contributed by atoms with E-state index in [2.05, 4.69) is 15.9 Å². The molecule has 0 radical (unpaired) electrons. The molecular weight excluding hydrogens is 256 g/mol. The second-order valence-electron chi connectivity index (χ2n) is 3.44. The third kappa shape index (κ3) is 2.22. The van der Waals surface area contributed by atoms with Crippen LogP contribution in [-0.2, 0) is 5.54 Å². The van der Waals surface area contributed by atoms with Crippen LogP contribution in [0.2, 0.25) is 5.02 Å². The van der Waals surface area contributed by atoms with Crippen LogP contribution in [0.15, 0.2) is 16.6 Å². The molecule has 2 N–H and O–H groups in total. The molecule has 0 atom stereocenters. The molecule has 0 saturated heterocycles. The predicted octanol–water partition coefficient (Wildman–Crippen LogP) is 3.44. The zero-order valence-electron chi connectivity index (χ0n) is 7.37. The van der Waals surface area contributed by atoms with Gasteiger partial charge < -0.3 is 5.73 Å². The van der Waals surface area contributed by atoms with Gasteiger partial charge in [0, 0.05) is 15.6 Å². The second kappa shape index (κ2) is 3.56. The van der Waals surface area contributed by atoms with Gasteiger partial charge in [0.05, 0.1) is 5.02 Å². The lowest BCUT2D eigenvalue weighted by molar-refractivity contribution is 0.498. The standard InChI is InChI=1S/C9H10BrClFN/c1-9(2,13)7-6(12)4-3-5(11)8(7)10/h3-4H,13H2,1-2H3. The Morgan fingerprint density at radius 3 is 2.38 bits per heavy atom. The van der Waals surface area contributed by atoms with E-state index in [0.717, 1.165) is 0 Å². The zero-order chi connectivity index (χ0) is 10.2. The van der Waals surface area contributed by atoms with E-state index >= 15 is 0 Å². The first kappa shape index (κ1) is 11.0. The monoisotopic (exact) mass is 265 g/mol. The van der Waals surface area contributed by atoms with Crippen LogP contribution in [0.3, 0.4) is 0 Å². The van der Waals surface area contributed by atoms with Crippen molar-refractivity contribution < 1.29 is 4.39 Å². The van der Waals surface area contributed by atoms with Crippen molar-refractivity contribution in [1.29, 1.82) is 0 Å². The van der Waals surface area contributed by atoms with E-state index in [0.29, 0.717) is 15.1 Å². The molecule has 1 aromatic carbocycles. The number of hydrogen-bond donors (Lipinski definition) is 1. The molecule has 72 valence electrons. The maximum Gasteiger partial charge on any atom is 0.129 e. The first-order valence-electron chi connectivity index (χ1n) is 3.77. The summed E-state index contributed by atoms with van der Waals surface area (Å²) in [4.78, 5) is 0. The molecule has 4 heteroatoms. The summed E-state index contributed by atoms with van der Waals surface area (Å²) in [6.07, 6.45) is 0. The summed E-state index contributed by atoms with van der Waals surface area (Å²) >= 11 is 9.04. The molecule has 0 saturated carbocycles. The largest absolute Gasteiger partial charge is 0.322 e. The minimum absolute atomic E-state index is 0.344. The molecule has 1 nitrogen and oxygen atoms in total. The fourth-order valence-electron chi connectivity index (χ4n) is 1.12. The summed E-state index contributed by atoms with van der Waals surface area (Å²) in [5.74, 6) is -0.344. The van der Waals surface area contributed by atoms with Crippen LogP contribution in [0.1, 0.15) is 19.4 Å². The lowest BCUT2D eigenvalue weighted by Crippen LogP contribution is -2.30. The lowest BCUT2D eigenvalue weighted by Gasteiger charge is -2.21. The Morgan fingerprint density at radius 1 is 1.46 bits per heavy atom. The average Bonchev–Trinajstić information content (AvgIpc) is 1.95. The van der Waals surface area contributed by atoms with Gasteiger partial charge in [-0.05, 0) is 41.9 Å². The van der Waals surface area contributed by atoms with E-state index in [1.165, 1.54) is 12.1 Å². The van der Waals surface area contributed by atoms with Gasteiger partial charge in [0.15, 0.2) is 0 Å². The normalized spacial score (nSPS) is 11.8. The molecule has 0 bridgehead atoms. The van der Waals surface area contributed by atoms with E-state index in [9.17, 15) is 4.39 Å².